The van der Waals surface area contributed by atoms with Gasteiger partial charge in [-0.1, -0.05) is 12.8 Å². The minimum Gasteiger partial charge on any atom is -0.473 e. The molecule has 0 aromatic heterocycles. The lowest BCUT2D eigenvalue weighted by Gasteiger charge is -2.40. The van der Waals surface area contributed by atoms with Crippen LogP contribution in [-0.2, 0) is 4.79 Å². The van der Waals surface area contributed by atoms with Crippen LogP contribution in [0.4, 0.5) is 9.18 Å². The molecule has 35 heavy (non-hydrogen) atoms. The van der Waals surface area contributed by atoms with Gasteiger partial charge in [0.1, 0.15) is 11.6 Å². The highest BCUT2D eigenvalue weighted by Crippen LogP contribution is 2.35. The van der Waals surface area contributed by atoms with Gasteiger partial charge in [0.25, 0.3) is 5.91 Å². The molecular weight excluding hydrogens is 453 g/mol. The second-order valence-corrected chi connectivity index (χ2v) is 9.98. The summed E-state index contributed by atoms with van der Waals surface area (Å²) >= 11 is 0. The van der Waals surface area contributed by atoms with E-state index in [0.29, 0.717) is 31.9 Å². The number of hydrazine groups is 1. The van der Waals surface area contributed by atoms with Crippen LogP contribution in [0.5, 0.6) is 5.75 Å². The van der Waals surface area contributed by atoms with Crippen LogP contribution in [0.25, 0.3) is 0 Å². The van der Waals surface area contributed by atoms with Crippen LogP contribution in [0.15, 0.2) is 18.2 Å². The van der Waals surface area contributed by atoms with Crippen molar-refractivity contribution in [3.05, 3.63) is 29.6 Å². The first kappa shape index (κ1) is 23.8. The van der Waals surface area contributed by atoms with Crippen LogP contribution >= 0.6 is 0 Å². The zero-order valence-electron chi connectivity index (χ0n) is 20.0. The number of benzene rings is 1. The third-order valence-electron chi connectivity index (χ3n) is 7.78. The molecule has 3 aliphatic heterocycles. The predicted octanol–water partition coefficient (Wildman–Crippen LogP) is 2.34. The molecule has 2 N–H and O–H groups in total. The maximum atomic E-state index is 14.7. The Balaban J connectivity index is 1.21. The van der Waals surface area contributed by atoms with Crippen LogP contribution in [0.3, 0.4) is 0 Å². The molecule has 5 rings (SSSR count). The standard InChI is InChI=1S/C25H34FN5O4/c26-21-9-8-17(35-23-19-7-3-2-6-18(19)22(32)27-28-23)16-20(21)24(33)29-12-14-31(15-13-29)25(34)30-10-4-1-5-11-30/h8-9,16,18-19,23,28H,1-7,10-15H2,(H,27,32). The van der Waals surface area contributed by atoms with Gasteiger partial charge in [-0.05, 0) is 50.3 Å². The monoisotopic (exact) mass is 487 g/mol. The molecule has 1 aromatic rings. The fourth-order valence-corrected chi connectivity index (χ4v) is 5.75. The largest absolute Gasteiger partial charge is 0.473 e. The Bertz CT molecular complexity index is 961. The third-order valence-corrected chi connectivity index (χ3v) is 7.78. The van der Waals surface area contributed by atoms with Gasteiger partial charge in [0, 0.05) is 51.1 Å². The molecule has 4 fully saturated rings. The highest BCUT2D eigenvalue weighted by atomic mass is 19.1. The first-order valence-corrected chi connectivity index (χ1v) is 12.9. The fraction of sp³-hybridized carbons (Fsp3) is 0.640. The Morgan fingerprint density at radius 2 is 1.57 bits per heavy atom. The highest BCUT2D eigenvalue weighted by molar-refractivity contribution is 5.95. The molecule has 3 heterocycles. The lowest BCUT2D eigenvalue weighted by Crippen LogP contribution is -2.61. The smallest absolute Gasteiger partial charge is 0.320 e. The van der Waals surface area contributed by atoms with E-state index in [1.165, 1.54) is 18.2 Å². The van der Waals surface area contributed by atoms with Gasteiger partial charge in [0.2, 0.25) is 5.91 Å². The molecule has 9 nitrogen and oxygen atoms in total. The van der Waals surface area contributed by atoms with Crippen molar-refractivity contribution in [3.63, 3.8) is 0 Å². The molecule has 1 saturated carbocycles. The molecule has 3 saturated heterocycles. The number of ether oxygens (including phenoxy) is 1. The van der Waals surface area contributed by atoms with Crippen LogP contribution in [0.1, 0.15) is 55.3 Å². The number of nitrogens with one attached hydrogen (secondary N) is 2. The van der Waals surface area contributed by atoms with Crippen molar-refractivity contribution in [1.82, 2.24) is 25.6 Å². The number of carbonyl (C=O) groups excluding carboxylic acids is 3. The van der Waals surface area contributed by atoms with Crippen molar-refractivity contribution in [1.29, 1.82) is 0 Å². The molecule has 4 amide bonds. The van der Waals surface area contributed by atoms with Gasteiger partial charge >= 0.3 is 6.03 Å². The summed E-state index contributed by atoms with van der Waals surface area (Å²) in [6.45, 7) is 3.18. The number of carbonyl (C=O) groups is 3. The quantitative estimate of drug-likeness (QED) is 0.683. The van der Waals surface area contributed by atoms with Gasteiger partial charge in [-0.3, -0.25) is 15.0 Å². The average molecular weight is 488 g/mol. The number of piperazine rings is 1. The van der Waals surface area contributed by atoms with Gasteiger partial charge in [0.05, 0.1) is 5.56 Å². The number of halogens is 1. The predicted molar refractivity (Wildman–Crippen MR) is 126 cm³/mol. The summed E-state index contributed by atoms with van der Waals surface area (Å²) in [7, 11) is 0. The zero-order chi connectivity index (χ0) is 24.4. The summed E-state index contributed by atoms with van der Waals surface area (Å²) in [5.74, 6) is -0.699. The minimum atomic E-state index is -0.602. The molecule has 10 heteroatoms. The number of urea groups is 1. The van der Waals surface area contributed by atoms with E-state index in [4.69, 9.17) is 4.74 Å². The highest BCUT2D eigenvalue weighted by Gasteiger charge is 2.41. The number of fused-ring (bicyclic) bond motifs is 1. The molecule has 0 bridgehead atoms. The number of hydrogen-bond donors (Lipinski definition) is 2. The van der Waals surface area contributed by atoms with Crippen LogP contribution in [0, 0.1) is 17.7 Å². The van der Waals surface area contributed by atoms with E-state index in [1.54, 1.807) is 9.80 Å². The topological polar surface area (TPSA) is 94.2 Å². The Hall–Kier alpha value is -2.88. The molecule has 0 spiro atoms. The van der Waals surface area contributed by atoms with Crippen LogP contribution < -0.4 is 15.6 Å². The normalized spacial score (nSPS) is 27.2. The minimum absolute atomic E-state index is 0.0116. The van der Waals surface area contributed by atoms with E-state index in [0.717, 1.165) is 58.0 Å². The molecule has 190 valence electrons. The number of nitrogens with zero attached hydrogens (tertiary/aromatic N) is 3. The summed E-state index contributed by atoms with van der Waals surface area (Å²) in [5, 5.41) is 0. The summed E-state index contributed by atoms with van der Waals surface area (Å²) < 4.78 is 20.8. The molecule has 3 unspecified atom stereocenters. The second-order valence-electron chi connectivity index (χ2n) is 9.98. The summed E-state index contributed by atoms with van der Waals surface area (Å²) in [5.41, 5.74) is 5.58. The number of piperidine rings is 1. The molecule has 4 aliphatic rings. The molecule has 1 aliphatic carbocycles. The van der Waals surface area contributed by atoms with E-state index in [2.05, 4.69) is 10.9 Å². The van der Waals surface area contributed by atoms with Crippen molar-refractivity contribution in [2.24, 2.45) is 11.8 Å². The van der Waals surface area contributed by atoms with Crippen LogP contribution in [0.2, 0.25) is 0 Å². The van der Waals surface area contributed by atoms with E-state index >= 15 is 0 Å². The Kier molecular flexibility index (Phi) is 7.08. The molecular formula is C25H34FN5O4. The number of hydrogen-bond acceptors (Lipinski definition) is 5. The fourth-order valence-electron chi connectivity index (χ4n) is 5.75. The third kappa shape index (κ3) is 5.07. The van der Waals surface area contributed by atoms with Crippen molar-refractivity contribution in [2.75, 3.05) is 39.3 Å². The summed E-state index contributed by atoms with van der Waals surface area (Å²) in [6, 6.07) is 4.24. The zero-order valence-corrected chi connectivity index (χ0v) is 20.0. The summed E-state index contributed by atoms with van der Waals surface area (Å²) in [4.78, 5) is 43.4. The van der Waals surface area contributed by atoms with Crippen LogP contribution in [-0.4, -0.2) is 78.0 Å². The van der Waals surface area contributed by atoms with Gasteiger partial charge in [-0.15, -0.1) is 0 Å². The Morgan fingerprint density at radius 3 is 2.34 bits per heavy atom. The Morgan fingerprint density at radius 1 is 0.886 bits per heavy atom. The van der Waals surface area contributed by atoms with Gasteiger partial charge in [0.15, 0.2) is 6.23 Å². The summed E-state index contributed by atoms with van der Waals surface area (Å²) in [6.07, 6.45) is 6.56. The maximum absolute atomic E-state index is 14.7. The number of amides is 4. The van der Waals surface area contributed by atoms with E-state index in [-0.39, 0.29) is 29.3 Å². The number of likely N-dealkylation sites (tertiary alicyclic amines) is 1. The van der Waals surface area contributed by atoms with Gasteiger partial charge in [-0.2, -0.15) is 5.43 Å². The van der Waals surface area contributed by atoms with E-state index < -0.39 is 18.0 Å². The molecule has 3 atom stereocenters. The van der Waals surface area contributed by atoms with E-state index in [9.17, 15) is 18.8 Å². The number of rotatable bonds is 3. The van der Waals surface area contributed by atoms with Crippen molar-refractivity contribution in [2.45, 2.75) is 51.2 Å². The molecule has 1 aromatic carbocycles. The Labute approximate surface area is 204 Å². The van der Waals surface area contributed by atoms with Gasteiger partial charge < -0.3 is 19.4 Å². The molecule has 0 radical (unpaired) electrons. The first-order valence-electron chi connectivity index (χ1n) is 12.9. The first-order chi connectivity index (χ1) is 17.0. The van der Waals surface area contributed by atoms with Crippen molar-refractivity contribution < 1.29 is 23.5 Å². The SMILES string of the molecule is O=C1NNC(Oc2ccc(F)c(C(=O)N3CCN(C(=O)N4CCCCC4)CC3)c2)C2CCCCC12. The average Bonchev–Trinajstić information content (AvgIpc) is 2.91. The lowest BCUT2D eigenvalue weighted by atomic mass is 9.77. The van der Waals surface area contributed by atoms with Crippen molar-refractivity contribution >= 4 is 17.8 Å². The second kappa shape index (κ2) is 10.4. The lowest BCUT2D eigenvalue weighted by molar-refractivity contribution is -0.138. The maximum Gasteiger partial charge on any atom is 0.320 e. The van der Waals surface area contributed by atoms with E-state index in [1.807, 2.05) is 4.90 Å². The van der Waals surface area contributed by atoms with Crippen molar-refractivity contribution in [3.8, 4) is 5.75 Å². The van der Waals surface area contributed by atoms with Gasteiger partial charge in [-0.25, -0.2) is 9.18 Å².